The van der Waals surface area contributed by atoms with E-state index in [1.807, 2.05) is 0 Å². The van der Waals surface area contributed by atoms with Crippen LogP contribution in [0.15, 0.2) is 0 Å². The molecule has 0 bridgehead atoms. The Balaban J connectivity index is 2.67. The number of rotatable bonds is 7. The van der Waals surface area contributed by atoms with E-state index in [9.17, 15) is 0 Å². The molecule has 0 heterocycles. The second-order valence-corrected chi connectivity index (χ2v) is 9.02. The van der Waals surface area contributed by atoms with E-state index in [0.29, 0.717) is 5.41 Å². The van der Waals surface area contributed by atoms with Crippen LogP contribution < -0.4 is 5.32 Å². The van der Waals surface area contributed by atoms with Crippen molar-refractivity contribution in [2.75, 3.05) is 26.7 Å². The Kier molecular flexibility index (Phi) is 7.19. The van der Waals surface area contributed by atoms with E-state index in [4.69, 9.17) is 0 Å². The van der Waals surface area contributed by atoms with Gasteiger partial charge in [-0.25, -0.2) is 0 Å². The summed E-state index contributed by atoms with van der Waals surface area (Å²) in [6, 6.07) is 0. The normalized spacial score (nSPS) is 28.9. The third-order valence-corrected chi connectivity index (χ3v) is 5.10. The summed E-state index contributed by atoms with van der Waals surface area (Å²) in [5, 5.41) is 3.80. The van der Waals surface area contributed by atoms with E-state index in [2.05, 4.69) is 58.8 Å². The van der Waals surface area contributed by atoms with Gasteiger partial charge in [-0.05, 0) is 57.9 Å². The molecule has 0 saturated heterocycles. The van der Waals surface area contributed by atoms with Crippen molar-refractivity contribution in [2.24, 2.45) is 17.3 Å². The SMILES string of the molecule is CCC(C)CN(C)CC1(CNC(C)(C)C)CCCC(C)C1. The predicted octanol–water partition coefficient (Wildman–Crippen LogP) is 4.55. The largest absolute Gasteiger partial charge is 0.311 e. The van der Waals surface area contributed by atoms with Crippen LogP contribution in [-0.4, -0.2) is 37.1 Å². The van der Waals surface area contributed by atoms with Crippen molar-refractivity contribution in [3.8, 4) is 0 Å². The fraction of sp³-hybridized carbons (Fsp3) is 1.00. The molecule has 0 radical (unpaired) electrons. The number of nitrogens with zero attached hydrogens (tertiary/aromatic N) is 1. The fourth-order valence-corrected chi connectivity index (χ4v) is 3.88. The van der Waals surface area contributed by atoms with Crippen LogP contribution in [0.1, 0.15) is 73.6 Å². The monoisotopic (exact) mass is 296 g/mol. The molecule has 1 fully saturated rings. The fourth-order valence-electron chi connectivity index (χ4n) is 3.88. The zero-order valence-corrected chi connectivity index (χ0v) is 15.8. The van der Waals surface area contributed by atoms with Crippen molar-refractivity contribution in [2.45, 2.75) is 79.2 Å². The van der Waals surface area contributed by atoms with Gasteiger partial charge in [0.2, 0.25) is 0 Å². The lowest BCUT2D eigenvalue weighted by Gasteiger charge is -2.44. The Morgan fingerprint density at radius 3 is 2.52 bits per heavy atom. The molecular formula is C19H40N2. The summed E-state index contributed by atoms with van der Waals surface area (Å²) >= 11 is 0. The van der Waals surface area contributed by atoms with Crippen LogP contribution in [-0.2, 0) is 0 Å². The molecule has 0 aromatic heterocycles. The summed E-state index contributed by atoms with van der Waals surface area (Å²) in [7, 11) is 2.32. The van der Waals surface area contributed by atoms with E-state index >= 15 is 0 Å². The summed E-state index contributed by atoms with van der Waals surface area (Å²) in [5.74, 6) is 1.70. The first kappa shape index (κ1) is 19.0. The summed E-state index contributed by atoms with van der Waals surface area (Å²) in [5.41, 5.74) is 0.704. The van der Waals surface area contributed by atoms with Gasteiger partial charge >= 0.3 is 0 Å². The van der Waals surface area contributed by atoms with Crippen molar-refractivity contribution >= 4 is 0 Å². The van der Waals surface area contributed by atoms with E-state index < -0.39 is 0 Å². The highest BCUT2D eigenvalue weighted by Gasteiger charge is 2.36. The van der Waals surface area contributed by atoms with Gasteiger partial charge in [0.05, 0.1) is 0 Å². The van der Waals surface area contributed by atoms with Gasteiger partial charge in [0.25, 0.3) is 0 Å². The van der Waals surface area contributed by atoms with Gasteiger partial charge in [0.1, 0.15) is 0 Å². The molecule has 2 nitrogen and oxygen atoms in total. The van der Waals surface area contributed by atoms with Gasteiger partial charge in [0, 0.05) is 25.2 Å². The van der Waals surface area contributed by atoms with E-state index in [1.54, 1.807) is 0 Å². The van der Waals surface area contributed by atoms with Crippen LogP contribution in [0, 0.1) is 17.3 Å². The molecule has 1 aliphatic carbocycles. The summed E-state index contributed by atoms with van der Waals surface area (Å²) in [6.07, 6.45) is 6.90. The van der Waals surface area contributed by atoms with Crippen LogP contribution in [0.4, 0.5) is 0 Å². The maximum atomic E-state index is 3.80. The minimum Gasteiger partial charge on any atom is -0.311 e. The van der Waals surface area contributed by atoms with Gasteiger partial charge in [-0.1, -0.05) is 40.0 Å². The Hall–Kier alpha value is -0.0800. The predicted molar refractivity (Wildman–Crippen MR) is 94.8 cm³/mol. The molecule has 1 rings (SSSR count). The molecule has 0 aromatic carbocycles. The maximum Gasteiger partial charge on any atom is 0.00967 e. The second-order valence-electron chi connectivity index (χ2n) is 9.02. The average Bonchev–Trinajstić information content (AvgIpc) is 2.35. The third-order valence-electron chi connectivity index (χ3n) is 5.10. The lowest BCUT2D eigenvalue weighted by Crippen LogP contribution is -2.50. The zero-order valence-electron chi connectivity index (χ0n) is 15.8. The first-order valence-electron chi connectivity index (χ1n) is 9.09. The standard InChI is InChI=1S/C19H40N2/c1-8-16(2)13-21(7)15-19(14-20-18(4,5)6)11-9-10-17(3)12-19/h16-17,20H,8-15H2,1-7H3. The van der Waals surface area contributed by atoms with Crippen molar-refractivity contribution < 1.29 is 0 Å². The average molecular weight is 297 g/mol. The molecule has 0 spiro atoms. The second kappa shape index (κ2) is 7.97. The lowest BCUT2D eigenvalue weighted by molar-refractivity contribution is 0.0790. The van der Waals surface area contributed by atoms with Gasteiger partial charge in [-0.15, -0.1) is 0 Å². The van der Waals surface area contributed by atoms with Crippen LogP contribution >= 0.6 is 0 Å². The molecule has 21 heavy (non-hydrogen) atoms. The molecule has 126 valence electrons. The molecule has 0 aliphatic heterocycles. The highest BCUT2D eigenvalue weighted by molar-refractivity contribution is 4.91. The molecule has 1 N–H and O–H groups in total. The van der Waals surface area contributed by atoms with Crippen molar-refractivity contribution in [1.82, 2.24) is 10.2 Å². The summed E-state index contributed by atoms with van der Waals surface area (Å²) in [6.45, 7) is 17.7. The van der Waals surface area contributed by atoms with E-state index in [1.165, 1.54) is 51.7 Å². The first-order chi connectivity index (χ1) is 9.66. The molecule has 0 aromatic rings. The van der Waals surface area contributed by atoms with Crippen LogP contribution in [0.3, 0.4) is 0 Å². The lowest BCUT2D eigenvalue weighted by atomic mass is 9.69. The Morgan fingerprint density at radius 2 is 2.00 bits per heavy atom. The van der Waals surface area contributed by atoms with E-state index in [0.717, 1.165) is 11.8 Å². The molecule has 3 unspecified atom stereocenters. The molecular weight excluding hydrogens is 256 g/mol. The van der Waals surface area contributed by atoms with Crippen molar-refractivity contribution in [3.63, 3.8) is 0 Å². The van der Waals surface area contributed by atoms with Gasteiger partial charge in [-0.2, -0.15) is 0 Å². The van der Waals surface area contributed by atoms with Crippen LogP contribution in [0.2, 0.25) is 0 Å². The molecule has 0 amide bonds. The highest BCUT2D eigenvalue weighted by Crippen LogP contribution is 2.40. The number of hydrogen-bond acceptors (Lipinski definition) is 2. The molecule has 1 aliphatic rings. The topological polar surface area (TPSA) is 15.3 Å². The van der Waals surface area contributed by atoms with Crippen molar-refractivity contribution in [1.29, 1.82) is 0 Å². The zero-order chi connectivity index (χ0) is 16.1. The van der Waals surface area contributed by atoms with Gasteiger partial charge in [-0.3, -0.25) is 0 Å². The summed E-state index contributed by atoms with van der Waals surface area (Å²) in [4.78, 5) is 2.59. The maximum absolute atomic E-state index is 3.80. The smallest absolute Gasteiger partial charge is 0.00967 e. The summed E-state index contributed by atoms with van der Waals surface area (Å²) < 4.78 is 0. The Morgan fingerprint density at radius 1 is 1.33 bits per heavy atom. The van der Waals surface area contributed by atoms with Gasteiger partial charge in [0.15, 0.2) is 0 Å². The number of hydrogen-bond donors (Lipinski definition) is 1. The van der Waals surface area contributed by atoms with Gasteiger partial charge < -0.3 is 10.2 Å². The van der Waals surface area contributed by atoms with Crippen LogP contribution in [0.5, 0.6) is 0 Å². The number of nitrogens with one attached hydrogen (secondary N) is 1. The molecule has 3 atom stereocenters. The third kappa shape index (κ3) is 7.15. The first-order valence-corrected chi connectivity index (χ1v) is 9.09. The Labute approximate surface area is 134 Å². The molecule has 2 heteroatoms. The molecule has 1 saturated carbocycles. The van der Waals surface area contributed by atoms with Crippen molar-refractivity contribution in [3.05, 3.63) is 0 Å². The minimum absolute atomic E-state index is 0.225. The van der Waals surface area contributed by atoms with E-state index in [-0.39, 0.29) is 5.54 Å². The Bertz CT molecular complexity index is 294. The minimum atomic E-state index is 0.225. The van der Waals surface area contributed by atoms with Crippen LogP contribution in [0.25, 0.3) is 0 Å². The highest BCUT2D eigenvalue weighted by atomic mass is 15.1. The quantitative estimate of drug-likeness (QED) is 0.741.